The van der Waals surface area contributed by atoms with Gasteiger partial charge in [-0.05, 0) is 113 Å². The van der Waals surface area contributed by atoms with Gasteiger partial charge in [0.1, 0.15) is 24.1 Å². The maximum absolute atomic E-state index is 15.5. The van der Waals surface area contributed by atoms with Crippen LogP contribution in [0.4, 0.5) is 21.5 Å². The summed E-state index contributed by atoms with van der Waals surface area (Å²) in [7, 11) is 3.26. The number of nitrogens with one attached hydrogen (secondary N) is 2. The van der Waals surface area contributed by atoms with Crippen molar-refractivity contribution in [3.63, 3.8) is 0 Å². The number of carbonyl (C=O) groups is 3. The first-order valence-electron chi connectivity index (χ1n) is 19.5. The van der Waals surface area contributed by atoms with Crippen LogP contribution in [0, 0.1) is 37.9 Å². The topological polar surface area (TPSA) is 135 Å². The van der Waals surface area contributed by atoms with Crippen LogP contribution in [-0.4, -0.2) is 84.8 Å². The van der Waals surface area contributed by atoms with Gasteiger partial charge in [-0.3, -0.25) is 19.4 Å². The molecule has 2 heterocycles. The zero-order valence-electron chi connectivity index (χ0n) is 32.8. The summed E-state index contributed by atoms with van der Waals surface area (Å²) in [6.45, 7) is 7.95. The van der Waals surface area contributed by atoms with Gasteiger partial charge in [-0.1, -0.05) is 29.4 Å². The molecule has 1 unspecified atom stereocenters. The van der Waals surface area contributed by atoms with E-state index in [2.05, 4.69) is 81.0 Å². The summed E-state index contributed by atoms with van der Waals surface area (Å²) in [6.07, 6.45) is 5.53. The quantitative estimate of drug-likeness (QED) is 0.118. The van der Waals surface area contributed by atoms with Crippen LogP contribution in [0.2, 0.25) is 0 Å². The zero-order chi connectivity index (χ0) is 39.7. The number of likely N-dealkylation sites (N-methyl/N-ethyl adjacent to an activating group) is 2. The number of carbonyl (C=O) groups excluding carboxylic acids is 3. The minimum atomic E-state index is -0.585. The SMILES string of the molecule is CNC(=O)C(CCC=O)N(C)Cc1cc(F)c(NC2CC(N3CC(N(c4ccc(C5(C#N)CC5)cc4)c4cc(-c5c(C)noc5C)ccc4C)C3)C2)cc1C=O. The Bertz CT molecular complexity index is 2130. The summed E-state index contributed by atoms with van der Waals surface area (Å²) in [4.78, 5) is 42.2. The Morgan fingerprint density at radius 2 is 1.84 bits per heavy atom. The summed E-state index contributed by atoms with van der Waals surface area (Å²) in [5.41, 5.74) is 8.13. The van der Waals surface area contributed by atoms with Crippen molar-refractivity contribution in [2.75, 3.05) is 37.4 Å². The van der Waals surface area contributed by atoms with E-state index in [1.165, 1.54) is 13.1 Å². The molecule has 3 aromatic carbocycles. The molecule has 3 aliphatic rings. The summed E-state index contributed by atoms with van der Waals surface area (Å²) < 4.78 is 21.0. The number of nitriles is 1. The molecule has 1 amide bonds. The van der Waals surface area contributed by atoms with Crippen LogP contribution in [0.25, 0.3) is 11.1 Å². The Morgan fingerprint density at radius 3 is 2.45 bits per heavy atom. The lowest BCUT2D eigenvalue weighted by molar-refractivity contribution is -0.126. The van der Waals surface area contributed by atoms with Gasteiger partial charge in [-0.15, -0.1) is 0 Å². The van der Waals surface area contributed by atoms with Crippen LogP contribution < -0.4 is 15.5 Å². The number of hydrogen-bond acceptors (Lipinski definition) is 10. The Balaban J connectivity index is 1.03. The van der Waals surface area contributed by atoms with Crippen LogP contribution in [-0.2, 0) is 21.5 Å². The Labute approximate surface area is 327 Å². The van der Waals surface area contributed by atoms with Gasteiger partial charge in [-0.25, -0.2) is 4.39 Å². The third-order valence-electron chi connectivity index (χ3n) is 12.1. The van der Waals surface area contributed by atoms with E-state index >= 15 is 4.39 Å². The smallest absolute Gasteiger partial charge is 0.237 e. The molecule has 292 valence electrons. The first-order valence-corrected chi connectivity index (χ1v) is 19.5. The normalized spacial score (nSPS) is 19.3. The fourth-order valence-electron chi connectivity index (χ4n) is 8.48. The maximum Gasteiger partial charge on any atom is 0.237 e. The lowest BCUT2D eigenvalue weighted by Crippen LogP contribution is -2.65. The molecule has 2 saturated carbocycles. The zero-order valence-corrected chi connectivity index (χ0v) is 32.8. The van der Waals surface area contributed by atoms with Crippen LogP contribution in [0.1, 0.15) is 77.0 Å². The first-order chi connectivity index (χ1) is 27.0. The number of aromatic nitrogens is 1. The molecule has 11 nitrogen and oxygen atoms in total. The van der Waals surface area contributed by atoms with E-state index in [-0.39, 0.29) is 36.4 Å². The number of nitrogens with zero attached hydrogens (tertiary/aromatic N) is 5. The number of likely N-dealkylation sites (tertiary alicyclic amines) is 1. The lowest BCUT2D eigenvalue weighted by atomic mass is 9.82. The van der Waals surface area contributed by atoms with Gasteiger partial charge < -0.3 is 24.9 Å². The van der Waals surface area contributed by atoms with Crippen molar-refractivity contribution >= 4 is 35.5 Å². The van der Waals surface area contributed by atoms with Gasteiger partial charge >= 0.3 is 0 Å². The Hall–Kier alpha value is -5.38. The van der Waals surface area contributed by atoms with Gasteiger partial charge in [0.15, 0.2) is 0 Å². The number of amides is 1. The summed E-state index contributed by atoms with van der Waals surface area (Å²) in [6, 6.07) is 20.5. The molecule has 7 rings (SSSR count). The molecular weight excluding hydrogens is 710 g/mol. The fourth-order valence-corrected chi connectivity index (χ4v) is 8.48. The Kier molecular flexibility index (Phi) is 11.1. The van der Waals surface area contributed by atoms with E-state index in [0.29, 0.717) is 29.3 Å². The fraction of sp³-hybridized carbons (Fsp3) is 0.432. The molecule has 3 fully saturated rings. The van der Waals surface area contributed by atoms with Gasteiger partial charge in [0.25, 0.3) is 0 Å². The lowest BCUT2D eigenvalue weighted by Gasteiger charge is -2.54. The summed E-state index contributed by atoms with van der Waals surface area (Å²) in [5.74, 6) is 0.0943. The average Bonchev–Trinajstić information content (AvgIpc) is 3.90. The molecule has 1 saturated heterocycles. The number of benzene rings is 3. The van der Waals surface area contributed by atoms with Crippen molar-refractivity contribution in [1.82, 2.24) is 20.3 Å². The average molecular weight is 760 g/mol. The van der Waals surface area contributed by atoms with Crippen LogP contribution in [0.15, 0.2) is 59.1 Å². The number of hydrogen-bond donors (Lipinski definition) is 2. The second-order valence-corrected chi connectivity index (χ2v) is 15.8. The highest BCUT2D eigenvalue weighted by Gasteiger charge is 2.45. The van der Waals surface area contributed by atoms with E-state index in [4.69, 9.17) is 4.52 Å². The highest BCUT2D eigenvalue weighted by atomic mass is 19.1. The second kappa shape index (κ2) is 16.0. The molecular formula is C44H50FN7O4. The summed E-state index contributed by atoms with van der Waals surface area (Å²) in [5, 5.41) is 20.0. The Morgan fingerprint density at radius 1 is 1.11 bits per heavy atom. The van der Waals surface area contributed by atoms with E-state index < -0.39 is 11.9 Å². The van der Waals surface area contributed by atoms with Gasteiger partial charge in [0.05, 0.1) is 34.9 Å². The molecule has 56 heavy (non-hydrogen) atoms. The predicted octanol–water partition coefficient (Wildman–Crippen LogP) is 6.76. The first kappa shape index (κ1) is 38.9. The monoisotopic (exact) mass is 759 g/mol. The minimum Gasteiger partial charge on any atom is -0.380 e. The van der Waals surface area contributed by atoms with Crippen molar-refractivity contribution < 1.29 is 23.3 Å². The second-order valence-electron chi connectivity index (χ2n) is 15.8. The molecule has 1 aromatic heterocycles. The van der Waals surface area contributed by atoms with Crippen molar-refractivity contribution in [2.45, 2.75) is 95.4 Å². The highest BCUT2D eigenvalue weighted by molar-refractivity contribution is 5.82. The van der Waals surface area contributed by atoms with E-state index in [0.717, 1.165) is 96.4 Å². The minimum absolute atomic E-state index is 0.0649. The standard InChI is InChI=1S/C44H50FN7O4/c1-27-8-9-30(42-28(2)49-56-29(42)3)19-41(27)52(35-12-10-33(11-13-35)44(26-46)14-15-44)37-23-51(24-37)36-20-34(21-36)48-39-18-32(25-54)31(17-38(39)45)22-50(5)40(7-6-16-53)43(55)47-4/h8-13,16-19,25,34,36-37,40,48H,6-7,14-15,20-24H2,1-5H3,(H,47,55). The number of aldehydes is 2. The van der Waals surface area contributed by atoms with E-state index in [1.807, 2.05) is 13.8 Å². The molecule has 2 aliphatic carbocycles. The van der Waals surface area contributed by atoms with E-state index in [1.54, 1.807) is 18.0 Å². The van der Waals surface area contributed by atoms with Gasteiger partial charge in [-0.2, -0.15) is 5.26 Å². The summed E-state index contributed by atoms with van der Waals surface area (Å²) >= 11 is 0. The van der Waals surface area contributed by atoms with Crippen LogP contribution >= 0.6 is 0 Å². The van der Waals surface area contributed by atoms with E-state index in [9.17, 15) is 19.6 Å². The van der Waals surface area contributed by atoms with Gasteiger partial charge in [0, 0.05) is 67.7 Å². The molecule has 0 radical (unpaired) electrons. The number of rotatable bonds is 16. The molecule has 0 spiro atoms. The third-order valence-corrected chi connectivity index (χ3v) is 12.1. The van der Waals surface area contributed by atoms with Crippen LogP contribution in [0.3, 0.4) is 0 Å². The predicted molar refractivity (Wildman–Crippen MR) is 213 cm³/mol. The van der Waals surface area contributed by atoms with Crippen molar-refractivity contribution in [3.8, 4) is 17.2 Å². The number of aryl methyl sites for hydroxylation is 3. The maximum atomic E-state index is 15.5. The molecule has 4 aromatic rings. The van der Waals surface area contributed by atoms with Crippen molar-refractivity contribution in [2.24, 2.45) is 0 Å². The largest absolute Gasteiger partial charge is 0.380 e. The number of halogens is 1. The number of anilines is 3. The van der Waals surface area contributed by atoms with Crippen molar-refractivity contribution in [1.29, 1.82) is 5.26 Å². The molecule has 1 atom stereocenters. The molecule has 12 heteroatoms. The molecule has 0 bridgehead atoms. The molecule has 2 N–H and O–H groups in total. The van der Waals surface area contributed by atoms with Gasteiger partial charge in [0.2, 0.25) is 5.91 Å². The third kappa shape index (κ3) is 7.58. The molecule has 1 aliphatic heterocycles. The highest BCUT2D eigenvalue weighted by Crippen LogP contribution is 2.48. The van der Waals surface area contributed by atoms with Crippen molar-refractivity contribution in [3.05, 3.63) is 94.1 Å². The van der Waals surface area contributed by atoms with Crippen LogP contribution in [0.5, 0.6) is 0 Å².